The van der Waals surface area contributed by atoms with Gasteiger partial charge in [0.15, 0.2) is 0 Å². The number of hydrogen-bond donors (Lipinski definition) is 1. The monoisotopic (exact) mass is 312 g/mol. The van der Waals surface area contributed by atoms with E-state index in [0.717, 1.165) is 36.4 Å². The van der Waals surface area contributed by atoms with Gasteiger partial charge in [-0.3, -0.25) is 9.78 Å². The number of hydrogen-bond acceptors (Lipinski definition) is 3. The van der Waals surface area contributed by atoms with E-state index in [4.69, 9.17) is 10.5 Å². The predicted molar refractivity (Wildman–Crippen MR) is 91.6 cm³/mol. The molecule has 23 heavy (non-hydrogen) atoms. The molecular weight excluding hydrogens is 288 g/mol. The van der Waals surface area contributed by atoms with Gasteiger partial charge in [0, 0.05) is 17.0 Å². The molecule has 2 aromatic rings. The quantitative estimate of drug-likeness (QED) is 0.849. The van der Waals surface area contributed by atoms with E-state index in [1.165, 1.54) is 11.1 Å². The fourth-order valence-corrected chi connectivity index (χ4v) is 2.69. The molecule has 0 aliphatic carbocycles. The van der Waals surface area contributed by atoms with Crippen LogP contribution in [-0.4, -0.2) is 10.9 Å². The first-order chi connectivity index (χ1) is 11.0. The molecule has 0 spiro atoms. The van der Waals surface area contributed by atoms with Gasteiger partial charge in [-0.15, -0.1) is 0 Å². The minimum Gasteiger partial charge on any atom is -0.489 e. The molecule has 4 nitrogen and oxygen atoms in total. The van der Waals surface area contributed by atoms with Gasteiger partial charge in [0.25, 0.3) is 0 Å². The molecule has 0 unspecified atom stereocenters. The van der Waals surface area contributed by atoms with Gasteiger partial charge in [0.2, 0.25) is 5.91 Å². The lowest BCUT2D eigenvalue weighted by Crippen LogP contribution is -2.10. The summed E-state index contributed by atoms with van der Waals surface area (Å²) in [5.41, 5.74) is 10.4. The maximum absolute atomic E-state index is 11.1. The Morgan fingerprint density at radius 3 is 2.48 bits per heavy atom. The number of primary amides is 1. The number of aromatic nitrogens is 1. The number of nitrogens with zero attached hydrogens (tertiary/aromatic N) is 1. The average Bonchev–Trinajstić information content (AvgIpc) is 2.55. The van der Waals surface area contributed by atoms with Crippen LogP contribution in [0.3, 0.4) is 0 Å². The zero-order valence-electron chi connectivity index (χ0n) is 14.1. The maximum atomic E-state index is 11.1. The molecule has 1 aromatic carbocycles. The van der Waals surface area contributed by atoms with Gasteiger partial charge in [-0.2, -0.15) is 0 Å². The molecule has 0 atom stereocenters. The van der Waals surface area contributed by atoms with Crippen molar-refractivity contribution in [1.82, 2.24) is 4.98 Å². The number of aryl methyl sites for hydroxylation is 2. The molecule has 0 saturated heterocycles. The highest BCUT2D eigenvalue weighted by Gasteiger charge is 2.10. The van der Waals surface area contributed by atoms with E-state index < -0.39 is 5.91 Å². The summed E-state index contributed by atoms with van der Waals surface area (Å²) in [6, 6.07) is 9.00. The van der Waals surface area contributed by atoms with Crippen LogP contribution in [-0.2, 0) is 19.4 Å². The predicted octanol–water partition coefficient (Wildman–Crippen LogP) is 3.58. The summed E-state index contributed by atoms with van der Waals surface area (Å²) in [4.78, 5) is 15.7. The fourth-order valence-electron chi connectivity index (χ4n) is 2.69. The minimum absolute atomic E-state index is 0.431. The van der Waals surface area contributed by atoms with Crippen LogP contribution in [0.2, 0.25) is 0 Å². The van der Waals surface area contributed by atoms with Crippen LogP contribution < -0.4 is 10.5 Å². The Bertz CT molecular complexity index is 679. The Morgan fingerprint density at radius 2 is 1.91 bits per heavy atom. The van der Waals surface area contributed by atoms with E-state index >= 15 is 0 Å². The molecule has 2 rings (SSSR count). The van der Waals surface area contributed by atoms with Gasteiger partial charge in [-0.25, -0.2) is 0 Å². The number of pyridine rings is 1. The number of nitrogens with two attached hydrogens (primary N) is 1. The molecule has 1 aromatic heterocycles. The molecule has 2 N–H and O–H groups in total. The standard InChI is InChI=1S/C19H24N2O2/c1-4-6-17-15(11-13(3)21-18(17)5-2)12-23-16-9-7-14(8-10-16)19(20)22/h7-11H,4-6,12H2,1-3H3,(H2,20,22). The third kappa shape index (κ3) is 4.31. The molecule has 4 heteroatoms. The van der Waals surface area contributed by atoms with E-state index in [1.54, 1.807) is 24.3 Å². The van der Waals surface area contributed by atoms with Crippen molar-refractivity contribution >= 4 is 5.91 Å². The van der Waals surface area contributed by atoms with Crippen LogP contribution in [0.4, 0.5) is 0 Å². The van der Waals surface area contributed by atoms with Crippen LogP contribution >= 0.6 is 0 Å². The summed E-state index contributed by atoms with van der Waals surface area (Å²) in [5.74, 6) is 0.295. The molecule has 122 valence electrons. The van der Waals surface area contributed by atoms with E-state index in [-0.39, 0.29) is 0 Å². The highest BCUT2D eigenvalue weighted by atomic mass is 16.5. The lowest BCUT2D eigenvalue weighted by Gasteiger charge is -2.15. The minimum atomic E-state index is -0.431. The van der Waals surface area contributed by atoms with Gasteiger partial charge < -0.3 is 10.5 Å². The lowest BCUT2D eigenvalue weighted by molar-refractivity contribution is 0.1000. The number of rotatable bonds is 7. The third-order valence-corrected chi connectivity index (χ3v) is 3.80. The van der Waals surface area contributed by atoms with Gasteiger partial charge in [0.05, 0.1) is 0 Å². The van der Waals surface area contributed by atoms with Crippen molar-refractivity contribution in [3.63, 3.8) is 0 Å². The van der Waals surface area contributed by atoms with Crippen molar-refractivity contribution < 1.29 is 9.53 Å². The molecular formula is C19H24N2O2. The van der Waals surface area contributed by atoms with Crippen LogP contribution in [0.15, 0.2) is 30.3 Å². The summed E-state index contributed by atoms with van der Waals surface area (Å²) in [6.45, 7) is 6.82. The molecule has 0 saturated carbocycles. The summed E-state index contributed by atoms with van der Waals surface area (Å²) in [7, 11) is 0. The molecule has 0 radical (unpaired) electrons. The largest absolute Gasteiger partial charge is 0.489 e. The first kappa shape index (κ1) is 17.0. The number of carbonyl (C=O) groups is 1. The van der Waals surface area contributed by atoms with Crippen molar-refractivity contribution in [3.05, 3.63) is 58.4 Å². The Balaban J connectivity index is 2.18. The highest BCUT2D eigenvalue weighted by Crippen LogP contribution is 2.20. The Hall–Kier alpha value is -2.36. The van der Waals surface area contributed by atoms with Crippen molar-refractivity contribution in [3.8, 4) is 5.75 Å². The van der Waals surface area contributed by atoms with Crippen molar-refractivity contribution in [2.45, 2.75) is 46.6 Å². The smallest absolute Gasteiger partial charge is 0.248 e. The number of benzene rings is 1. The molecule has 0 fully saturated rings. The number of carbonyl (C=O) groups excluding carboxylic acids is 1. The van der Waals surface area contributed by atoms with Gasteiger partial charge in [-0.05, 0) is 61.2 Å². The first-order valence-electron chi connectivity index (χ1n) is 8.06. The number of amides is 1. The zero-order valence-corrected chi connectivity index (χ0v) is 14.1. The second-order valence-electron chi connectivity index (χ2n) is 5.63. The van der Waals surface area contributed by atoms with Gasteiger partial charge in [-0.1, -0.05) is 20.3 Å². The molecule has 0 aliphatic heterocycles. The average molecular weight is 312 g/mol. The van der Waals surface area contributed by atoms with Crippen LogP contribution in [0.5, 0.6) is 5.75 Å². The summed E-state index contributed by atoms with van der Waals surface area (Å²) in [5, 5.41) is 0. The summed E-state index contributed by atoms with van der Waals surface area (Å²) >= 11 is 0. The SMILES string of the molecule is CCCc1c(COc2ccc(C(N)=O)cc2)cc(C)nc1CC. The maximum Gasteiger partial charge on any atom is 0.248 e. The Labute approximate surface area is 137 Å². The van der Waals surface area contributed by atoms with E-state index in [2.05, 4.69) is 24.9 Å². The second-order valence-corrected chi connectivity index (χ2v) is 5.63. The second kappa shape index (κ2) is 7.77. The topological polar surface area (TPSA) is 65.2 Å². The van der Waals surface area contributed by atoms with Crippen molar-refractivity contribution in [2.75, 3.05) is 0 Å². The van der Waals surface area contributed by atoms with Gasteiger partial charge in [0.1, 0.15) is 12.4 Å². The van der Waals surface area contributed by atoms with Crippen LogP contribution in [0.1, 0.15) is 53.1 Å². The summed E-state index contributed by atoms with van der Waals surface area (Å²) < 4.78 is 5.89. The van der Waals surface area contributed by atoms with Crippen molar-refractivity contribution in [1.29, 1.82) is 0 Å². The highest BCUT2D eigenvalue weighted by molar-refractivity contribution is 5.92. The Morgan fingerprint density at radius 1 is 1.22 bits per heavy atom. The van der Waals surface area contributed by atoms with Crippen LogP contribution in [0.25, 0.3) is 0 Å². The summed E-state index contributed by atoms with van der Waals surface area (Å²) in [6.07, 6.45) is 3.02. The van der Waals surface area contributed by atoms with E-state index in [1.807, 2.05) is 6.92 Å². The first-order valence-corrected chi connectivity index (χ1v) is 8.06. The van der Waals surface area contributed by atoms with E-state index in [0.29, 0.717) is 12.2 Å². The molecule has 1 heterocycles. The molecule has 0 bridgehead atoms. The van der Waals surface area contributed by atoms with Gasteiger partial charge >= 0.3 is 0 Å². The fraction of sp³-hybridized carbons (Fsp3) is 0.368. The number of ether oxygens (including phenoxy) is 1. The third-order valence-electron chi connectivity index (χ3n) is 3.80. The normalized spacial score (nSPS) is 10.6. The van der Waals surface area contributed by atoms with E-state index in [9.17, 15) is 4.79 Å². The van der Waals surface area contributed by atoms with Crippen LogP contribution in [0, 0.1) is 6.92 Å². The Kier molecular flexibility index (Phi) is 5.74. The molecule has 0 aliphatic rings. The molecule has 1 amide bonds. The lowest BCUT2D eigenvalue weighted by atomic mass is 10.00. The van der Waals surface area contributed by atoms with Crippen molar-refractivity contribution in [2.24, 2.45) is 5.73 Å². The zero-order chi connectivity index (χ0) is 16.8.